The number of aryl methyl sites for hydroxylation is 1. The quantitative estimate of drug-likeness (QED) is 0.849. The van der Waals surface area contributed by atoms with Crippen LogP contribution in [0.2, 0.25) is 0 Å². The molecule has 0 bridgehead atoms. The van der Waals surface area contributed by atoms with Crippen molar-refractivity contribution in [2.45, 2.75) is 25.9 Å². The van der Waals surface area contributed by atoms with Crippen LogP contribution in [0.3, 0.4) is 0 Å². The number of nitrogens with one attached hydrogen (secondary N) is 1. The van der Waals surface area contributed by atoms with E-state index in [1.54, 1.807) is 6.92 Å². The highest BCUT2D eigenvalue weighted by atomic mass is 16.3. The molecule has 1 aromatic carbocycles. The first-order valence-electron chi connectivity index (χ1n) is 6.74. The van der Waals surface area contributed by atoms with Gasteiger partial charge in [0.25, 0.3) is 0 Å². The van der Waals surface area contributed by atoms with Gasteiger partial charge in [-0.3, -0.25) is 4.79 Å². The van der Waals surface area contributed by atoms with Gasteiger partial charge in [0.1, 0.15) is 11.5 Å². The Morgan fingerprint density at radius 3 is 2.70 bits per heavy atom. The van der Waals surface area contributed by atoms with Gasteiger partial charge in [0.2, 0.25) is 5.91 Å². The molecule has 0 aliphatic rings. The number of furan rings is 1. The third-order valence-corrected chi connectivity index (χ3v) is 2.91. The molecule has 2 aromatic rings. The number of benzene rings is 1. The second-order valence-corrected chi connectivity index (χ2v) is 4.79. The van der Waals surface area contributed by atoms with E-state index in [2.05, 4.69) is 5.32 Å². The maximum Gasteiger partial charge on any atom is 0.220 e. The molecule has 1 aromatic heterocycles. The molecule has 0 spiro atoms. The van der Waals surface area contributed by atoms with Crippen LogP contribution in [0.1, 0.15) is 19.1 Å². The minimum absolute atomic E-state index is 0.0800. The average Bonchev–Trinajstić information content (AvgIpc) is 2.93. The number of aliphatic hydroxyl groups is 1. The molecule has 4 nitrogen and oxygen atoms in total. The Morgan fingerprint density at radius 2 is 2.00 bits per heavy atom. The third kappa shape index (κ3) is 4.24. The predicted octanol–water partition coefficient (Wildman–Crippen LogP) is 2.38. The normalized spacial score (nSPS) is 12.1. The topological polar surface area (TPSA) is 62.5 Å². The van der Waals surface area contributed by atoms with Crippen LogP contribution < -0.4 is 5.32 Å². The molecule has 0 saturated heterocycles. The van der Waals surface area contributed by atoms with Crippen LogP contribution in [0.5, 0.6) is 0 Å². The van der Waals surface area contributed by atoms with Gasteiger partial charge < -0.3 is 14.8 Å². The van der Waals surface area contributed by atoms with Crippen molar-refractivity contribution in [1.29, 1.82) is 0 Å². The summed E-state index contributed by atoms with van der Waals surface area (Å²) in [5.74, 6) is 1.52. The summed E-state index contributed by atoms with van der Waals surface area (Å²) in [7, 11) is 0. The maximum absolute atomic E-state index is 11.5. The Bertz CT molecular complexity index is 546. The monoisotopic (exact) mass is 273 g/mol. The number of amides is 1. The van der Waals surface area contributed by atoms with E-state index >= 15 is 0 Å². The number of aliphatic hydroxyl groups excluding tert-OH is 1. The van der Waals surface area contributed by atoms with Crippen molar-refractivity contribution >= 4 is 5.91 Å². The summed E-state index contributed by atoms with van der Waals surface area (Å²) in [4.78, 5) is 11.5. The molecule has 0 aliphatic heterocycles. The lowest BCUT2D eigenvalue weighted by molar-refractivity contribution is -0.121. The minimum atomic E-state index is -0.521. The zero-order valence-electron chi connectivity index (χ0n) is 11.5. The first-order valence-corrected chi connectivity index (χ1v) is 6.74. The molecule has 0 aliphatic carbocycles. The van der Waals surface area contributed by atoms with Crippen LogP contribution in [0.25, 0.3) is 11.3 Å². The number of rotatable bonds is 6. The van der Waals surface area contributed by atoms with E-state index in [-0.39, 0.29) is 12.5 Å². The zero-order chi connectivity index (χ0) is 14.4. The van der Waals surface area contributed by atoms with E-state index in [1.165, 1.54) is 0 Å². The Kier molecular flexibility index (Phi) is 4.96. The number of hydrogen-bond donors (Lipinski definition) is 2. The maximum atomic E-state index is 11.5. The molecule has 106 valence electrons. The van der Waals surface area contributed by atoms with Gasteiger partial charge in [0.05, 0.1) is 6.10 Å². The molecule has 1 unspecified atom stereocenters. The molecule has 0 radical (unpaired) electrons. The van der Waals surface area contributed by atoms with Crippen LogP contribution in [-0.4, -0.2) is 23.7 Å². The molecule has 0 fully saturated rings. The van der Waals surface area contributed by atoms with E-state index in [1.807, 2.05) is 42.5 Å². The fourth-order valence-corrected chi connectivity index (χ4v) is 1.86. The van der Waals surface area contributed by atoms with Crippen LogP contribution in [0.4, 0.5) is 0 Å². The number of carbonyl (C=O) groups excluding carboxylic acids is 1. The SMILES string of the molecule is CC(O)CNC(=O)CCc1ccc(-c2ccccc2)o1. The van der Waals surface area contributed by atoms with Crippen LogP contribution >= 0.6 is 0 Å². The van der Waals surface area contributed by atoms with E-state index < -0.39 is 6.10 Å². The average molecular weight is 273 g/mol. The van der Waals surface area contributed by atoms with Crippen molar-refractivity contribution in [2.75, 3.05) is 6.54 Å². The highest BCUT2D eigenvalue weighted by molar-refractivity contribution is 5.76. The smallest absolute Gasteiger partial charge is 0.220 e. The Labute approximate surface area is 118 Å². The fraction of sp³-hybridized carbons (Fsp3) is 0.312. The molecule has 4 heteroatoms. The summed E-state index contributed by atoms with van der Waals surface area (Å²) in [5.41, 5.74) is 1.03. The van der Waals surface area contributed by atoms with Crippen molar-refractivity contribution < 1.29 is 14.3 Å². The van der Waals surface area contributed by atoms with Crippen molar-refractivity contribution in [2.24, 2.45) is 0 Å². The van der Waals surface area contributed by atoms with Crippen molar-refractivity contribution in [3.8, 4) is 11.3 Å². The molecule has 0 saturated carbocycles. The molecule has 2 rings (SSSR count). The lowest BCUT2D eigenvalue weighted by Crippen LogP contribution is -2.30. The van der Waals surface area contributed by atoms with E-state index in [0.29, 0.717) is 12.8 Å². The van der Waals surface area contributed by atoms with E-state index in [4.69, 9.17) is 9.52 Å². The van der Waals surface area contributed by atoms with E-state index in [0.717, 1.165) is 17.1 Å². The van der Waals surface area contributed by atoms with Crippen molar-refractivity contribution in [3.63, 3.8) is 0 Å². The second-order valence-electron chi connectivity index (χ2n) is 4.79. The Morgan fingerprint density at radius 1 is 1.25 bits per heavy atom. The molecule has 1 heterocycles. The van der Waals surface area contributed by atoms with Gasteiger partial charge in [-0.1, -0.05) is 30.3 Å². The lowest BCUT2D eigenvalue weighted by Gasteiger charge is -2.06. The molecular formula is C16H19NO3. The molecule has 2 N–H and O–H groups in total. The third-order valence-electron chi connectivity index (χ3n) is 2.91. The zero-order valence-corrected chi connectivity index (χ0v) is 11.5. The van der Waals surface area contributed by atoms with Crippen molar-refractivity contribution in [3.05, 3.63) is 48.2 Å². The lowest BCUT2D eigenvalue weighted by atomic mass is 10.2. The largest absolute Gasteiger partial charge is 0.461 e. The molecular weight excluding hydrogens is 254 g/mol. The van der Waals surface area contributed by atoms with Crippen LogP contribution in [0, 0.1) is 0 Å². The van der Waals surface area contributed by atoms with Gasteiger partial charge in [-0.2, -0.15) is 0 Å². The van der Waals surface area contributed by atoms with Crippen molar-refractivity contribution in [1.82, 2.24) is 5.32 Å². The number of hydrogen-bond acceptors (Lipinski definition) is 3. The minimum Gasteiger partial charge on any atom is -0.461 e. The van der Waals surface area contributed by atoms with E-state index in [9.17, 15) is 4.79 Å². The Hall–Kier alpha value is -2.07. The summed E-state index contributed by atoms with van der Waals surface area (Å²) >= 11 is 0. The summed E-state index contributed by atoms with van der Waals surface area (Å²) in [6, 6.07) is 13.7. The molecule has 20 heavy (non-hydrogen) atoms. The fourth-order valence-electron chi connectivity index (χ4n) is 1.86. The highest BCUT2D eigenvalue weighted by Crippen LogP contribution is 2.22. The van der Waals surface area contributed by atoms with Gasteiger partial charge in [-0.25, -0.2) is 0 Å². The first-order chi connectivity index (χ1) is 9.65. The second kappa shape index (κ2) is 6.91. The summed E-state index contributed by atoms with van der Waals surface area (Å²) < 4.78 is 5.72. The number of carbonyl (C=O) groups is 1. The van der Waals surface area contributed by atoms with Gasteiger partial charge in [-0.05, 0) is 19.1 Å². The summed E-state index contributed by atoms with van der Waals surface area (Å²) in [5, 5.41) is 11.7. The van der Waals surface area contributed by atoms with Crippen LogP contribution in [0.15, 0.2) is 46.9 Å². The van der Waals surface area contributed by atoms with Gasteiger partial charge in [-0.15, -0.1) is 0 Å². The van der Waals surface area contributed by atoms with Gasteiger partial charge in [0, 0.05) is 24.9 Å². The molecule has 1 amide bonds. The summed E-state index contributed by atoms with van der Waals surface area (Å²) in [6.45, 7) is 1.92. The highest BCUT2D eigenvalue weighted by Gasteiger charge is 2.07. The molecule has 1 atom stereocenters. The Balaban J connectivity index is 1.86. The van der Waals surface area contributed by atoms with Gasteiger partial charge >= 0.3 is 0 Å². The van der Waals surface area contributed by atoms with Gasteiger partial charge in [0.15, 0.2) is 0 Å². The summed E-state index contributed by atoms with van der Waals surface area (Å²) in [6.07, 6.45) is 0.389. The first kappa shape index (κ1) is 14.3. The van der Waals surface area contributed by atoms with Crippen LogP contribution in [-0.2, 0) is 11.2 Å². The standard InChI is InChI=1S/C16H19NO3/c1-12(18)11-17-16(19)10-8-14-7-9-15(20-14)13-5-3-2-4-6-13/h2-7,9,12,18H,8,10-11H2,1H3,(H,17,19). The predicted molar refractivity (Wildman–Crippen MR) is 77.2 cm³/mol.